The summed E-state index contributed by atoms with van der Waals surface area (Å²) in [6.07, 6.45) is 1.23. The van der Waals surface area contributed by atoms with Gasteiger partial charge in [-0.3, -0.25) is 4.57 Å². The molecule has 3 aliphatic rings. The van der Waals surface area contributed by atoms with Crippen LogP contribution < -0.4 is 4.74 Å². The summed E-state index contributed by atoms with van der Waals surface area (Å²) < 4.78 is 60.3. The van der Waals surface area contributed by atoms with Crippen molar-refractivity contribution in [3.05, 3.63) is 65.4 Å². The lowest BCUT2D eigenvalue weighted by atomic mass is 9.86. The van der Waals surface area contributed by atoms with Crippen molar-refractivity contribution in [3.8, 4) is 11.6 Å². The van der Waals surface area contributed by atoms with Gasteiger partial charge >= 0.3 is 6.18 Å². The number of hydrogen-bond acceptors (Lipinski definition) is 6. The molecule has 6 rings (SSSR count). The molecule has 0 unspecified atom stereocenters. The van der Waals surface area contributed by atoms with E-state index >= 15 is 0 Å². The van der Waals surface area contributed by atoms with E-state index in [9.17, 15) is 13.2 Å². The highest BCUT2D eigenvalue weighted by Crippen LogP contribution is 2.41. The van der Waals surface area contributed by atoms with Gasteiger partial charge in [0.1, 0.15) is 17.8 Å². The quantitative estimate of drug-likeness (QED) is 0.538. The van der Waals surface area contributed by atoms with E-state index in [0.717, 1.165) is 37.6 Å². The topological polar surface area (TPSA) is 71.3 Å². The zero-order valence-corrected chi connectivity index (χ0v) is 19.0. The lowest BCUT2D eigenvalue weighted by molar-refractivity contribution is -0.155. The lowest BCUT2D eigenvalue weighted by Gasteiger charge is -2.28. The monoisotopic (exact) mass is 486 g/mol. The number of nitrogens with zero attached hydrogens (tertiary/aromatic N) is 4. The standard InChI is InChI=1S/C25H25F3N4O3/c26-25(27,28)18-6-9-20-17(13-18)14-24(33-11-12-34-24)15-21-30-31-23(32(20)21)16-4-7-19(8-5-16)35-22-3-1-2-10-29-22/h1-3,6,9-10,13,16,19H,4-5,7-8,11-12,14-15H2/t16-,19-. The van der Waals surface area contributed by atoms with E-state index in [0.29, 0.717) is 42.6 Å². The van der Waals surface area contributed by atoms with Crippen LogP contribution in [0.1, 0.15) is 54.4 Å². The number of hydrogen-bond donors (Lipinski definition) is 0. The average molecular weight is 486 g/mol. The third-order valence-electron chi connectivity index (χ3n) is 7.07. The molecule has 2 aliphatic heterocycles. The van der Waals surface area contributed by atoms with E-state index in [4.69, 9.17) is 14.2 Å². The molecule has 7 nitrogen and oxygen atoms in total. The van der Waals surface area contributed by atoms with Gasteiger partial charge < -0.3 is 14.2 Å². The Morgan fingerprint density at radius 1 is 0.971 bits per heavy atom. The maximum atomic E-state index is 13.5. The zero-order chi connectivity index (χ0) is 24.0. The molecule has 3 aromatic rings. The van der Waals surface area contributed by atoms with E-state index in [1.165, 1.54) is 12.1 Å². The highest BCUT2D eigenvalue weighted by molar-refractivity contribution is 5.48. The summed E-state index contributed by atoms with van der Waals surface area (Å²) in [6, 6.07) is 9.45. The van der Waals surface area contributed by atoms with Crippen molar-refractivity contribution in [1.82, 2.24) is 19.7 Å². The third-order valence-corrected chi connectivity index (χ3v) is 7.07. The van der Waals surface area contributed by atoms with E-state index in [1.54, 1.807) is 6.20 Å². The first-order valence-corrected chi connectivity index (χ1v) is 11.9. The second-order valence-electron chi connectivity index (χ2n) is 9.37. The second kappa shape index (κ2) is 8.60. The first kappa shape index (κ1) is 22.5. The molecule has 10 heteroatoms. The van der Waals surface area contributed by atoms with Crippen molar-refractivity contribution in [2.45, 2.75) is 62.5 Å². The Morgan fingerprint density at radius 3 is 2.49 bits per heavy atom. The summed E-state index contributed by atoms with van der Waals surface area (Å²) in [5.74, 6) is 1.13. The molecule has 2 fully saturated rings. The van der Waals surface area contributed by atoms with Gasteiger partial charge in [-0.15, -0.1) is 10.2 Å². The summed E-state index contributed by atoms with van der Waals surface area (Å²) in [7, 11) is 0. The molecule has 184 valence electrons. The molecule has 1 spiro atoms. The van der Waals surface area contributed by atoms with Crippen LogP contribution in [-0.4, -0.2) is 44.9 Å². The predicted molar refractivity (Wildman–Crippen MR) is 118 cm³/mol. The highest BCUT2D eigenvalue weighted by Gasteiger charge is 2.43. The van der Waals surface area contributed by atoms with Crippen LogP contribution in [0.5, 0.6) is 5.88 Å². The van der Waals surface area contributed by atoms with Crippen LogP contribution in [0, 0.1) is 0 Å². The molecule has 0 atom stereocenters. The van der Waals surface area contributed by atoms with Crippen molar-refractivity contribution in [3.63, 3.8) is 0 Å². The minimum absolute atomic E-state index is 0.0675. The lowest BCUT2D eigenvalue weighted by Crippen LogP contribution is -2.35. The average Bonchev–Trinajstić information content (AvgIpc) is 3.44. The fraction of sp³-hybridized carbons (Fsp3) is 0.480. The Labute approximate surface area is 200 Å². The van der Waals surface area contributed by atoms with Gasteiger partial charge in [-0.05, 0) is 55.5 Å². The number of ether oxygens (including phenoxy) is 3. The summed E-state index contributed by atoms with van der Waals surface area (Å²) >= 11 is 0. The summed E-state index contributed by atoms with van der Waals surface area (Å²) in [5, 5.41) is 8.98. The molecule has 1 saturated carbocycles. The van der Waals surface area contributed by atoms with Crippen LogP contribution in [0.25, 0.3) is 5.69 Å². The van der Waals surface area contributed by atoms with Gasteiger partial charge in [-0.25, -0.2) is 4.98 Å². The minimum atomic E-state index is -4.43. The van der Waals surface area contributed by atoms with Crippen LogP contribution in [0.2, 0.25) is 0 Å². The third kappa shape index (κ3) is 4.29. The molecule has 0 bridgehead atoms. The van der Waals surface area contributed by atoms with E-state index in [1.807, 2.05) is 22.8 Å². The maximum absolute atomic E-state index is 13.5. The van der Waals surface area contributed by atoms with Crippen LogP contribution in [0.15, 0.2) is 42.6 Å². The number of rotatable bonds is 3. The van der Waals surface area contributed by atoms with E-state index in [-0.39, 0.29) is 18.4 Å². The highest BCUT2D eigenvalue weighted by atomic mass is 19.4. The van der Waals surface area contributed by atoms with Gasteiger partial charge in [0.15, 0.2) is 5.79 Å². The molecular formula is C25H25F3N4O3. The molecular weight excluding hydrogens is 461 g/mol. The Balaban J connectivity index is 1.31. The molecule has 4 heterocycles. The number of alkyl halides is 3. The van der Waals surface area contributed by atoms with Gasteiger partial charge in [-0.2, -0.15) is 13.2 Å². The van der Waals surface area contributed by atoms with Crippen molar-refractivity contribution < 1.29 is 27.4 Å². The SMILES string of the molecule is FC(F)(F)c1ccc2c(c1)CC1(Cc3nnc([C@H]4CC[C@H](Oc5ccccn5)CC4)n3-2)OCCO1. The number of halogens is 3. The van der Waals surface area contributed by atoms with Gasteiger partial charge in [0.25, 0.3) is 0 Å². The van der Waals surface area contributed by atoms with Gasteiger partial charge in [0.05, 0.1) is 30.9 Å². The number of aromatic nitrogens is 4. The number of fused-ring (bicyclic) bond motifs is 3. The molecule has 1 aromatic carbocycles. The fourth-order valence-electron chi connectivity index (χ4n) is 5.41. The van der Waals surface area contributed by atoms with Crippen molar-refractivity contribution in [1.29, 1.82) is 0 Å². The largest absolute Gasteiger partial charge is 0.474 e. The summed E-state index contributed by atoms with van der Waals surface area (Å²) in [4.78, 5) is 4.24. The molecule has 2 aromatic heterocycles. The molecule has 1 aliphatic carbocycles. The van der Waals surface area contributed by atoms with E-state index in [2.05, 4.69) is 15.2 Å². The van der Waals surface area contributed by atoms with Crippen molar-refractivity contribution >= 4 is 0 Å². The van der Waals surface area contributed by atoms with Crippen molar-refractivity contribution in [2.24, 2.45) is 0 Å². The Kier molecular flexibility index (Phi) is 5.52. The molecule has 1 saturated heterocycles. The normalized spacial score (nSPS) is 23.5. The fourth-order valence-corrected chi connectivity index (χ4v) is 5.41. The smallest absolute Gasteiger partial charge is 0.416 e. The van der Waals surface area contributed by atoms with Crippen LogP contribution in [0.3, 0.4) is 0 Å². The first-order chi connectivity index (χ1) is 16.9. The van der Waals surface area contributed by atoms with Crippen LogP contribution >= 0.6 is 0 Å². The Hall–Kier alpha value is -2.98. The van der Waals surface area contributed by atoms with Crippen LogP contribution in [0.4, 0.5) is 13.2 Å². The zero-order valence-electron chi connectivity index (χ0n) is 19.0. The maximum Gasteiger partial charge on any atom is 0.416 e. The van der Waals surface area contributed by atoms with Crippen molar-refractivity contribution in [2.75, 3.05) is 13.2 Å². The minimum Gasteiger partial charge on any atom is -0.474 e. The molecule has 35 heavy (non-hydrogen) atoms. The Morgan fingerprint density at radius 2 is 1.77 bits per heavy atom. The van der Waals surface area contributed by atoms with Gasteiger partial charge in [-0.1, -0.05) is 6.07 Å². The molecule has 0 radical (unpaired) electrons. The second-order valence-corrected chi connectivity index (χ2v) is 9.37. The summed E-state index contributed by atoms with van der Waals surface area (Å²) in [5.41, 5.74) is 0.499. The number of pyridine rings is 1. The Bertz CT molecular complexity index is 1200. The number of benzene rings is 1. The van der Waals surface area contributed by atoms with Gasteiger partial charge in [0.2, 0.25) is 5.88 Å². The molecule has 0 N–H and O–H groups in total. The predicted octanol–water partition coefficient (Wildman–Crippen LogP) is 4.63. The molecule has 0 amide bonds. The first-order valence-electron chi connectivity index (χ1n) is 11.9. The van der Waals surface area contributed by atoms with Crippen LogP contribution in [-0.2, 0) is 28.5 Å². The van der Waals surface area contributed by atoms with Gasteiger partial charge in [0, 0.05) is 24.6 Å². The summed E-state index contributed by atoms with van der Waals surface area (Å²) in [6.45, 7) is 0.797. The van der Waals surface area contributed by atoms with E-state index < -0.39 is 17.5 Å².